The molecule has 1 N–H and O–H groups in total. The summed E-state index contributed by atoms with van der Waals surface area (Å²) >= 11 is 0. The zero-order chi connectivity index (χ0) is 24.3. The number of hydrazone groups is 1. The molecule has 1 aliphatic heterocycles. The molecule has 0 radical (unpaired) electrons. The maximum Gasteiger partial charge on any atom is 0.438 e. The van der Waals surface area contributed by atoms with Crippen molar-refractivity contribution in [3.05, 3.63) is 59.7 Å². The van der Waals surface area contributed by atoms with E-state index in [9.17, 15) is 23.1 Å². The lowest BCUT2D eigenvalue weighted by Crippen LogP contribution is -2.57. The van der Waals surface area contributed by atoms with Crippen LogP contribution in [0, 0.1) is 0 Å². The third-order valence-corrected chi connectivity index (χ3v) is 6.40. The third-order valence-electron chi connectivity index (χ3n) is 6.40. The minimum absolute atomic E-state index is 0.0797. The van der Waals surface area contributed by atoms with E-state index in [1.54, 1.807) is 24.3 Å². The smallest absolute Gasteiger partial charge is 0.438 e. The van der Waals surface area contributed by atoms with Crippen molar-refractivity contribution in [2.24, 2.45) is 5.10 Å². The molecule has 0 bridgehead atoms. The Kier molecular flexibility index (Phi) is 6.84. The van der Waals surface area contributed by atoms with Gasteiger partial charge in [-0.1, -0.05) is 43.5 Å². The first-order valence-corrected chi connectivity index (χ1v) is 11.3. The molecular weight excluding hydrogens is 449 g/mol. The van der Waals surface area contributed by atoms with E-state index in [4.69, 9.17) is 9.47 Å². The first-order valence-electron chi connectivity index (χ1n) is 11.3. The highest BCUT2D eigenvalue weighted by atomic mass is 19.4. The second-order valence-electron chi connectivity index (χ2n) is 8.67. The van der Waals surface area contributed by atoms with Crippen LogP contribution in [0.3, 0.4) is 0 Å². The van der Waals surface area contributed by atoms with Crippen molar-refractivity contribution < 1.29 is 32.5 Å². The largest absolute Gasteiger partial charge is 0.497 e. The van der Waals surface area contributed by atoms with Gasteiger partial charge in [-0.25, -0.2) is 0 Å². The highest BCUT2D eigenvalue weighted by molar-refractivity contribution is 6.03. The Bertz CT molecular complexity index is 1050. The Hall–Kier alpha value is -3.07. The van der Waals surface area contributed by atoms with Gasteiger partial charge in [0.25, 0.3) is 11.6 Å². The lowest BCUT2D eigenvalue weighted by atomic mass is 9.84. The van der Waals surface area contributed by atoms with E-state index in [-0.39, 0.29) is 10.7 Å². The molecule has 182 valence electrons. The molecule has 1 aliphatic carbocycles. The van der Waals surface area contributed by atoms with E-state index in [0.717, 1.165) is 12.8 Å². The van der Waals surface area contributed by atoms with Gasteiger partial charge < -0.3 is 14.6 Å². The molecule has 4 rings (SSSR count). The van der Waals surface area contributed by atoms with Crippen molar-refractivity contribution in [1.82, 2.24) is 5.01 Å². The Morgan fingerprint density at radius 1 is 1.12 bits per heavy atom. The number of nitrogens with zero attached hydrogens (tertiary/aromatic N) is 2. The van der Waals surface area contributed by atoms with Crippen LogP contribution in [0.25, 0.3) is 0 Å². The third kappa shape index (κ3) is 4.89. The van der Waals surface area contributed by atoms with Gasteiger partial charge in [0.1, 0.15) is 11.5 Å². The number of carbonyl (C=O) groups excluding carboxylic acids is 1. The van der Waals surface area contributed by atoms with Crippen molar-refractivity contribution in [1.29, 1.82) is 0 Å². The summed E-state index contributed by atoms with van der Waals surface area (Å²) in [6.45, 7) is -0.698. The molecule has 34 heavy (non-hydrogen) atoms. The van der Waals surface area contributed by atoms with Crippen molar-refractivity contribution in [2.75, 3.05) is 13.7 Å². The number of methoxy groups -OCH3 is 1. The molecule has 2 aromatic rings. The minimum Gasteiger partial charge on any atom is -0.497 e. The number of halogens is 3. The number of ether oxygens (including phenoxy) is 2. The lowest BCUT2D eigenvalue weighted by molar-refractivity contribution is -0.302. The summed E-state index contributed by atoms with van der Waals surface area (Å²) in [5, 5.41) is 14.4. The first-order chi connectivity index (χ1) is 16.2. The zero-order valence-corrected chi connectivity index (χ0v) is 18.8. The number of aliphatic hydroxyl groups is 1. The number of carbonyl (C=O) groups is 1. The van der Waals surface area contributed by atoms with Crippen LogP contribution in [0.1, 0.15) is 55.6 Å². The van der Waals surface area contributed by atoms with E-state index < -0.39 is 30.8 Å². The molecule has 6 nitrogen and oxygen atoms in total. The van der Waals surface area contributed by atoms with Gasteiger partial charge in [0.05, 0.1) is 19.2 Å². The number of amides is 1. The topological polar surface area (TPSA) is 71.4 Å². The fourth-order valence-electron chi connectivity index (χ4n) is 4.47. The SMILES string of the molecule is COc1cccc(C2=NN(C(=O)COc3ccc(C4CCCCC4)cc3)[C@](O)(C(F)(F)F)C2)c1. The summed E-state index contributed by atoms with van der Waals surface area (Å²) in [6.07, 6.45) is -0.0849. The van der Waals surface area contributed by atoms with E-state index in [1.807, 2.05) is 12.1 Å². The van der Waals surface area contributed by atoms with Gasteiger partial charge in [-0.05, 0) is 48.6 Å². The van der Waals surface area contributed by atoms with Crippen molar-refractivity contribution >= 4 is 11.6 Å². The highest BCUT2D eigenvalue weighted by Crippen LogP contribution is 2.41. The van der Waals surface area contributed by atoms with Crippen LogP contribution in [-0.2, 0) is 4.79 Å². The van der Waals surface area contributed by atoms with Crippen LogP contribution >= 0.6 is 0 Å². The van der Waals surface area contributed by atoms with Gasteiger partial charge in [-0.3, -0.25) is 4.79 Å². The quantitative estimate of drug-likeness (QED) is 0.636. The molecule has 1 atom stereocenters. The zero-order valence-electron chi connectivity index (χ0n) is 18.8. The Labute approximate surface area is 196 Å². The van der Waals surface area contributed by atoms with Crippen LogP contribution in [0.5, 0.6) is 11.5 Å². The average Bonchev–Trinajstić information content (AvgIpc) is 3.22. The summed E-state index contributed by atoms with van der Waals surface area (Å²) < 4.78 is 51.9. The Balaban J connectivity index is 1.48. The number of alkyl halides is 3. The molecule has 0 aromatic heterocycles. The molecule has 1 fully saturated rings. The Morgan fingerprint density at radius 3 is 2.47 bits per heavy atom. The molecule has 1 heterocycles. The lowest BCUT2D eigenvalue weighted by Gasteiger charge is -2.32. The van der Waals surface area contributed by atoms with Gasteiger partial charge in [0.2, 0.25) is 0 Å². The molecule has 0 spiro atoms. The first kappa shape index (κ1) is 24.1. The average molecular weight is 476 g/mol. The molecule has 9 heteroatoms. The summed E-state index contributed by atoms with van der Waals surface area (Å²) in [7, 11) is 1.43. The van der Waals surface area contributed by atoms with Crippen molar-refractivity contribution in [2.45, 2.75) is 56.3 Å². The maximum atomic E-state index is 13.8. The summed E-state index contributed by atoms with van der Waals surface area (Å²) in [5.41, 5.74) is -2.03. The number of benzene rings is 2. The molecule has 2 aromatic carbocycles. The minimum atomic E-state index is -5.12. The predicted octanol–water partition coefficient (Wildman–Crippen LogP) is 5.01. The van der Waals surface area contributed by atoms with Gasteiger partial charge in [0, 0.05) is 5.56 Å². The van der Waals surface area contributed by atoms with E-state index in [1.165, 1.54) is 44.1 Å². The molecule has 1 amide bonds. The molecule has 0 saturated heterocycles. The summed E-state index contributed by atoms with van der Waals surface area (Å²) in [5.74, 6) is 0.175. The molecule has 0 unspecified atom stereocenters. The van der Waals surface area contributed by atoms with Crippen LogP contribution in [0.2, 0.25) is 0 Å². The molecule has 2 aliphatic rings. The van der Waals surface area contributed by atoms with Gasteiger partial charge in [0.15, 0.2) is 6.61 Å². The van der Waals surface area contributed by atoms with E-state index >= 15 is 0 Å². The van der Waals surface area contributed by atoms with Crippen LogP contribution in [0.4, 0.5) is 13.2 Å². The molecular formula is C25H27F3N2O4. The number of rotatable bonds is 6. The summed E-state index contributed by atoms with van der Waals surface area (Å²) in [4.78, 5) is 12.7. The Morgan fingerprint density at radius 2 is 1.82 bits per heavy atom. The van der Waals surface area contributed by atoms with Crippen molar-refractivity contribution in [3.8, 4) is 11.5 Å². The number of hydrogen-bond acceptors (Lipinski definition) is 5. The van der Waals surface area contributed by atoms with Crippen LogP contribution in [0.15, 0.2) is 53.6 Å². The van der Waals surface area contributed by atoms with Gasteiger partial charge >= 0.3 is 6.18 Å². The van der Waals surface area contributed by atoms with Crippen molar-refractivity contribution in [3.63, 3.8) is 0 Å². The summed E-state index contributed by atoms with van der Waals surface area (Å²) in [6, 6.07) is 13.5. The standard InChI is InChI=1S/C25H27F3N2O4/c1-33-21-9-5-8-19(14-21)22-15-24(32,25(26,27)28)30(29-22)23(31)16-34-20-12-10-18(11-13-20)17-6-3-2-4-7-17/h5,8-14,17,32H,2-4,6-7,15-16H2,1H3/t24-/m1/s1. The predicted molar refractivity (Wildman–Crippen MR) is 120 cm³/mol. The van der Waals surface area contributed by atoms with Gasteiger partial charge in [-0.15, -0.1) is 0 Å². The van der Waals surface area contributed by atoms with E-state index in [2.05, 4.69) is 5.10 Å². The normalized spacial score (nSPS) is 21.3. The van der Waals surface area contributed by atoms with Gasteiger partial charge in [-0.2, -0.15) is 23.3 Å². The van der Waals surface area contributed by atoms with E-state index in [0.29, 0.717) is 23.0 Å². The monoisotopic (exact) mass is 476 g/mol. The molecule has 1 saturated carbocycles. The number of hydrogen-bond donors (Lipinski definition) is 1. The second kappa shape index (κ2) is 9.66. The fourth-order valence-corrected chi connectivity index (χ4v) is 4.47. The second-order valence-corrected chi connectivity index (χ2v) is 8.67. The van der Waals surface area contributed by atoms with Crippen LogP contribution in [-0.4, -0.2) is 47.4 Å². The fraction of sp³-hybridized carbons (Fsp3) is 0.440. The highest BCUT2D eigenvalue weighted by Gasteiger charge is 2.63. The van der Waals surface area contributed by atoms with Crippen LogP contribution < -0.4 is 9.47 Å². The maximum absolute atomic E-state index is 13.8.